The third-order valence-electron chi connectivity index (χ3n) is 0.912. The molecule has 3 heteroatoms. The van der Waals surface area contributed by atoms with Crippen molar-refractivity contribution in [1.82, 2.24) is 0 Å². The van der Waals surface area contributed by atoms with Crippen LogP contribution in [0.1, 0.15) is 0 Å². The summed E-state index contributed by atoms with van der Waals surface area (Å²) in [6, 6.07) is 12.0. The fraction of sp³-hybridized carbons (Fsp3) is 0. The van der Waals surface area contributed by atoms with Gasteiger partial charge in [0.25, 0.3) is 0 Å². The van der Waals surface area contributed by atoms with Crippen LogP contribution in [0.3, 0.4) is 0 Å². The average Bonchev–Trinajstić information content (AvgIpc) is 2.64. The van der Waals surface area contributed by atoms with Crippen molar-refractivity contribution in [3.63, 3.8) is 0 Å². The lowest BCUT2D eigenvalue weighted by Crippen LogP contribution is -1.47. The van der Waals surface area contributed by atoms with Gasteiger partial charge in [-0.15, -0.1) is 0 Å². The molecule has 0 radical (unpaired) electrons. The summed E-state index contributed by atoms with van der Waals surface area (Å²) < 4.78 is 0. The van der Waals surface area contributed by atoms with Crippen LogP contribution in [0.2, 0.25) is 0 Å². The molecule has 0 saturated carbocycles. The van der Waals surface area contributed by atoms with Crippen LogP contribution in [-0.2, 0) is 0 Å². The van der Waals surface area contributed by atoms with Crippen LogP contribution in [0.5, 0.6) is 0 Å². The van der Waals surface area contributed by atoms with E-state index in [1.165, 1.54) is 0 Å². The first-order chi connectivity index (χ1) is 5.50. The zero-order valence-electron chi connectivity index (χ0n) is 5.84. The van der Waals surface area contributed by atoms with Crippen molar-refractivity contribution in [3.05, 3.63) is 47.2 Å². The minimum atomic E-state index is 1.77. The van der Waals surface area contributed by atoms with Crippen molar-refractivity contribution in [2.75, 3.05) is 0 Å². The summed E-state index contributed by atoms with van der Waals surface area (Å²) in [6.45, 7) is 0. The molecule has 0 aromatic heterocycles. The number of benzene rings is 1. The molecule has 1 aromatic rings. The molecule has 0 nitrogen and oxygen atoms in total. The summed E-state index contributed by atoms with van der Waals surface area (Å²) in [5.41, 5.74) is 0. The van der Waals surface area contributed by atoms with Crippen molar-refractivity contribution < 1.29 is 0 Å². The molecule has 0 N–H and O–H groups in total. The van der Waals surface area contributed by atoms with Crippen LogP contribution in [0.4, 0.5) is 0 Å². The lowest BCUT2D eigenvalue weighted by Gasteiger charge is -1.69. The van der Waals surface area contributed by atoms with E-state index in [-0.39, 0.29) is 0 Å². The minimum Gasteiger partial charge on any atom is -0.0623 e. The molecule has 0 aliphatic carbocycles. The lowest BCUT2D eigenvalue weighted by molar-refractivity contribution is 1.72. The van der Waals surface area contributed by atoms with Gasteiger partial charge in [0.2, 0.25) is 0 Å². The Balaban J connectivity index is 0.000000112. The Hall–Kier alpha value is 0.01000. The second kappa shape index (κ2) is 6.70. The highest BCUT2D eigenvalue weighted by molar-refractivity contribution is 9.11. The van der Waals surface area contributed by atoms with E-state index in [2.05, 4.69) is 10.8 Å². The molecule has 11 heavy (non-hydrogen) atoms. The highest BCUT2D eigenvalue weighted by Crippen LogP contribution is 2.42. The summed E-state index contributed by atoms with van der Waals surface area (Å²) in [6.07, 6.45) is 0. The Kier molecular flexibility index (Phi) is 5.55. The van der Waals surface area contributed by atoms with Gasteiger partial charge in [-0.05, 0) is 20.6 Å². The maximum Gasteiger partial charge on any atom is -0.0101 e. The van der Waals surface area contributed by atoms with Crippen LogP contribution < -0.4 is 0 Å². The van der Waals surface area contributed by atoms with Gasteiger partial charge in [0.15, 0.2) is 0 Å². The molecule has 1 aliphatic rings. The Bertz CT molecular complexity index is 163. The zero-order chi connectivity index (χ0) is 7.78. The first-order valence-corrected chi connectivity index (χ1v) is 6.75. The highest BCUT2D eigenvalue weighted by atomic mass is 33.5. The van der Waals surface area contributed by atoms with Gasteiger partial charge in [-0.2, -0.15) is 0 Å². The monoisotopic (exact) mass is 200 g/mol. The fourth-order valence-corrected chi connectivity index (χ4v) is 3.45. The molecule has 0 atom stereocenters. The summed E-state index contributed by atoms with van der Waals surface area (Å²) in [4.78, 5) is 0. The molecule has 0 fully saturated rings. The van der Waals surface area contributed by atoms with Crippen molar-refractivity contribution in [2.45, 2.75) is 0 Å². The number of hydrogen-bond donors (Lipinski definition) is 0. The topological polar surface area (TPSA) is 0 Å². The van der Waals surface area contributed by atoms with Gasteiger partial charge in [0.05, 0.1) is 0 Å². The fourth-order valence-electron chi connectivity index (χ4n) is 0.498. The number of hydrogen-bond acceptors (Lipinski definition) is 3. The van der Waals surface area contributed by atoms with Gasteiger partial charge < -0.3 is 0 Å². The van der Waals surface area contributed by atoms with E-state index in [9.17, 15) is 0 Å². The standard InChI is InChI=1S/C6H6.C2H2S3/c1-2-4-6-5-3-1;1-2-4-5-3-1/h1-6H;1-2H. The van der Waals surface area contributed by atoms with Crippen LogP contribution in [-0.4, -0.2) is 0 Å². The van der Waals surface area contributed by atoms with Gasteiger partial charge in [0, 0.05) is 0 Å². The molecule has 1 aliphatic heterocycles. The predicted molar refractivity (Wildman–Crippen MR) is 58.4 cm³/mol. The van der Waals surface area contributed by atoms with Crippen molar-refractivity contribution >= 4 is 31.4 Å². The number of rotatable bonds is 0. The SMILES string of the molecule is C1=CSSS1.c1ccccc1. The van der Waals surface area contributed by atoms with E-state index >= 15 is 0 Å². The van der Waals surface area contributed by atoms with Gasteiger partial charge in [0.1, 0.15) is 0 Å². The van der Waals surface area contributed by atoms with E-state index in [0.29, 0.717) is 0 Å². The van der Waals surface area contributed by atoms with Gasteiger partial charge in [-0.3, -0.25) is 0 Å². The average molecular weight is 200 g/mol. The van der Waals surface area contributed by atoms with E-state index < -0.39 is 0 Å². The van der Waals surface area contributed by atoms with Crippen LogP contribution >= 0.6 is 31.4 Å². The van der Waals surface area contributed by atoms with E-state index in [1.807, 2.05) is 36.4 Å². The maximum absolute atomic E-state index is 2.08. The molecule has 58 valence electrons. The molecule has 0 saturated heterocycles. The Labute approximate surface area is 78.6 Å². The predicted octanol–water partition coefficient (Wildman–Crippen LogP) is 4.19. The van der Waals surface area contributed by atoms with Crippen molar-refractivity contribution in [3.8, 4) is 0 Å². The first-order valence-electron chi connectivity index (χ1n) is 3.14. The molecule has 0 bridgehead atoms. The van der Waals surface area contributed by atoms with Gasteiger partial charge in [-0.1, -0.05) is 58.0 Å². The Morgan fingerprint density at radius 1 is 0.545 bits per heavy atom. The molecule has 2 rings (SSSR count). The maximum atomic E-state index is 2.08. The normalized spacial score (nSPS) is 13.8. The second-order valence-corrected chi connectivity index (χ2v) is 5.54. The van der Waals surface area contributed by atoms with Gasteiger partial charge >= 0.3 is 0 Å². The Morgan fingerprint density at radius 3 is 1.09 bits per heavy atom. The highest BCUT2D eigenvalue weighted by Gasteiger charge is 1.87. The third kappa shape index (κ3) is 5.30. The quantitative estimate of drug-likeness (QED) is 0.576. The minimum absolute atomic E-state index is 1.77. The summed E-state index contributed by atoms with van der Waals surface area (Å²) in [5.74, 6) is 0. The smallest absolute Gasteiger partial charge is 0.0101 e. The van der Waals surface area contributed by atoms with Crippen LogP contribution in [0.25, 0.3) is 0 Å². The van der Waals surface area contributed by atoms with Crippen LogP contribution in [0, 0.1) is 0 Å². The van der Waals surface area contributed by atoms with Crippen LogP contribution in [0.15, 0.2) is 47.2 Å². The molecule has 0 spiro atoms. The summed E-state index contributed by atoms with van der Waals surface area (Å²) in [5, 5.41) is 4.16. The van der Waals surface area contributed by atoms with E-state index in [0.717, 1.165) is 0 Å². The molecule has 1 heterocycles. The Morgan fingerprint density at radius 2 is 0.909 bits per heavy atom. The second-order valence-electron chi connectivity index (χ2n) is 1.69. The van der Waals surface area contributed by atoms with E-state index in [4.69, 9.17) is 0 Å². The van der Waals surface area contributed by atoms with E-state index in [1.54, 1.807) is 31.4 Å². The molecule has 1 aromatic carbocycles. The van der Waals surface area contributed by atoms with Gasteiger partial charge in [-0.25, -0.2) is 0 Å². The first kappa shape index (κ1) is 9.10. The van der Waals surface area contributed by atoms with Crippen molar-refractivity contribution in [2.24, 2.45) is 0 Å². The third-order valence-corrected chi connectivity index (χ3v) is 4.29. The lowest BCUT2D eigenvalue weighted by atomic mass is 10.4. The molecular weight excluding hydrogens is 192 g/mol. The molecule has 0 unspecified atom stereocenters. The summed E-state index contributed by atoms with van der Waals surface area (Å²) in [7, 11) is 5.34. The zero-order valence-corrected chi connectivity index (χ0v) is 8.29. The van der Waals surface area contributed by atoms with Crippen molar-refractivity contribution in [1.29, 1.82) is 0 Å². The summed E-state index contributed by atoms with van der Waals surface area (Å²) >= 11 is 0. The molecule has 0 amide bonds. The largest absolute Gasteiger partial charge is 0.0623 e. The molecular formula is C8H8S3.